The summed E-state index contributed by atoms with van der Waals surface area (Å²) in [5, 5.41) is 8.30. The van der Waals surface area contributed by atoms with E-state index >= 15 is 0 Å². The minimum Gasteiger partial charge on any atom is -0.353 e. The molecule has 0 amide bonds. The maximum Gasteiger partial charge on any atom is 0.158 e. The van der Waals surface area contributed by atoms with Crippen molar-refractivity contribution in [1.82, 2.24) is 0 Å². The number of hydrogen-bond donors (Lipinski definition) is 0. The van der Waals surface area contributed by atoms with Gasteiger partial charge in [-0.1, -0.05) is 5.92 Å². The van der Waals surface area contributed by atoms with Crippen LogP contribution < -0.4 is 0 Å². The summed E-state index contributed by atoms with van der Waals surface area (Å²) in [6.07, 6.45) is 5.47. The lowest BCUT2D eigenvalue weighted by Crippen LogP contribution is -2.22. The van der Waals surface area contributed by atoms with Crippen LogP contribution in [0, 0.1) is 23.2 Å². The minimum atomic E-state index is -0.0489. The van der Waals surface area contributed by atoms with Crippen LogP contribution in [0.1, 0.15) is 38.5 Å². The summed E-state index contributed by atoms with van der Waals surface area (Å²) in [7, 11) is 0. The Morgan fingerprint density at radius 3 is 2.93 bits per heavy atom. The predicted octanol–water partition coefficient (Wildman–Crippen LogP) is 2.23. The Hall–Kier alpha value is -1.03. The zero-order valence-electron chi connectivity index (χ0n) is 9.00. The average Bonchev–Trinajstić information content (AvgIpc) is 2.29. The SMILES string of the molecule is N#CCCCC#CCOC1CCCCO1. The Balaban J connectivity index is 1.97. The lowest BCUT2D eigenvalue weighted by atomic mass is 10.2. The van der Waals surface area contributed by atoms with Gasteiger partial charge >= 0.3 is 0 Å². The predicted molar refractivity (Wildman–Crippen MR) is 56.8 cm³/mol. The van der Waals surface area contributed by atoms with E-state index in [2.05, 4.69) is 17.9 Å². The highest BCUT2D eigenvalue weighted by atomic mass is 16.7. The number of ether oxygens (including phenoxy) is 2. The molecule has 1 unspecified atom stereocenters. The van der Waals surface area contributed by atoms with Crippen LogP contribution in [0.3, 0.4) is 0 Å². The van der Waals surface area contributed by atoms with E-state index in [4.69, 9.17) is 14.7 Å². The Morgan fingerprint density at radius 2 is 2.20 bits per heavy atom. The normalized spacial score (nSPS) is 20.1. The lowest BCUT2D eigenvalue weighted by molar-refractivity contribution is -0.154. The van der Waals surface area contributed by atoms with Crippen LogP contribution in [0.5, 0.6) is 0 Å². The van der Waals surface area contributed by atoms with Crippen molar-refractivity contribution in [3.63, 3.8) is 0 Å². The molecule has 1 rings (SSSR count). The Bertz CT molecular complexity index is 253. The van der Waals surface area contributed by atoms with Crippen LogP contribution in [0.15, 0.2) is 0 Å². The monoisotopic (exact) mass is 207 g/mol. The number of rotatable bonds is 4. The molecular formula is C12H17NO2. The molecule has 0 saturated carbocycles. The molecular weight excluding hydrogens is 190 g/mol. The van der Waals surface area contributed by atoms with Crippen LogP contribution in [0.25, 0.3) is 0 Å². The van der Waals surface area contributed by atoms with E-state index < -0.39 is 0 Å². The summed E-state index contributed by atoms with van der Waals surface area (Å²) in [5.74, 6) is 5.91. The smallest absolute Gasteiger partial charge is 0.158 e. The van der Waals surface area contributed by atoms with Gasteiger partial charge in [0.2, 0.25) is 0 Å². The first-order valence-electron chi connectivity index (χ1n) is 5.49. The molecule has 82 valence electrons. The van der Waals surface area contributed by atoms with Crippen molar-refractivity contribution >= 4 is 0 Å². The van der Waals surface area contributed by atoms with Gasteiger partial charge in [-0.3, -0.25) is 0 Å². The van der Waals surface area contributed by atoms with Crippen LogP contribution in [0.4, 0.5) is 0 Å². The molecule has 1 aliphatic rings. The molecule has 0 aromatic carbocycles. The van der Waals surface area contributed by atoms with Gasteiger partial charge in [-0.15, -0.1) is 5.92 Å². The summed E-state index contributed by atoms with van der Waals surface area (Å²) >= 11 is 0. The summed E-state index contributed by atoms with van der Waals surface area (Å²) in [6, 6.07) is 2.09. The minimum absolute atomic E-state index is 0.0489. The van der Waals surface area contributed by atoms with Crippen molar-refractivity contribution in [1.29, 1.82) is 5.26 Å². The quantitative estimate of drug-likeness (QED) is 0.524. The summed E-state index contributed by atoms with van der Waals surface area (Å²) in [6.45, 7) is 1.25. The standard InChI is InChI=1S/C12H17NO2/c13-9-5-2-1-3-6-10-14-12-8-4-7-11-15-12/h12H,1-2,4-5,7-8,10-11H2. The van der Waals surface area contributed by atoms with Crippen LogP contribution in [-0.4, -0.2) is 19.5 Å². The zero-order chi connectivity index (χ0) is 10.8. The number of nitrogens with zero attached hydrogens (tertiary/aromatic N) is 1. The van der Waals surface area contributed by atoms with E-state index in [1.54, 1.807) is 0 Å². The molecule has 1 aliphatic heterocycles. The number of nitriles is 1. The molecule has 0 aliphatic carbocycles. The first kappa shape index (κ1) is 12.0. The third kappa shape index (κ3) is 6.12. The van der Waals surface area contributed by atoms with Crippen molar-refractivity contribution in [3.05, 3.63) is 0 Å². The maximum atomic E-state index is 8.30. The largest absolute Gasteiger partial charge is 0.353 e. The van der Waals surface area contributed by atoms with Crippen molar-refractivity contribution in [2.24, 2.45) is 0 Å². The van der Waals surface area contributed by atoms with Crippen molar-refractivity contribution in [3.8, 4) is 17.9 Å². The molecule has 15 heavy (non-hydrogen) atoms. The third-order valence-corrected chi connectivity index (χ3v) is 2.19. The highest BCUT2D eigenvalue weighted by molar-refractivity contribution is 4.99. The van der Waals surface area contributed by atoms with Gasteiger partial charge in [0.15, 0.2) is 6.29 Å². The van der Waals surface area contributed by atoms with Crippen LogP contribution >= 0.6 is 0 Å². The van der Waals surface area contributed by atoms with E-state index in [9.17, 15) is 0 Å². The highest BCUT2D eigenvalue weighted by Crippen LogP contribution is 2.12. The topological polar surface area (TPSA) is 42.2 Å². The molecule has 3 heteroatoms. The highest BCUT2D eigenvalue weighted by Gasteiger charge is 2.12. The van der Waals surface area contributed by atoms with E-state index in [1.165, 1.54) is 6.42 Å². The second-order valence-electron chi connectivity index (χ2n) is 3.47. The molecule has 1 atom stereocenters. The fraction of sp³-hybridized carbons (Fsp3) is 0.750. The fourth-order valence-corrected chi connectivity index (χ4v) is 1.37. The Morgan fingerprint density at radius 1 is 1.27 bits per heavy atom. The van der Waals surface area contributed by atoms with Gasteiger partial charge < -0.3 is 9.47 Å². The summed E-state index contributed by atoms with van der Waals surface area (Å²) < 4.78 is 10.8. The maximum absolute atomic E-state index is 8.30. The first-order valence-corrected chi connectivity index (χ1v) is 5.49. The molecule has 0 N–H and O–H groups in total. The Kier molecular flexibility index (Phi) is 6.66. The van der Waals surface area contributed by atoms with Gasteiger partial charge in [0, 0.05) is 19.4 Å². The molecule has 0 aromatic rings. The van der Waals surface area contributed by atoms with Gasteiger partial charge in [0.05, 0.1) is 6.07 Å². The van der Waals surface area contributed by atoms with E-state index in [-0.39, 0.29) is 6.29 Å². The molecule has 0 spiro atoms. The lowest BCUT2D eigenvalue weighted by Gasteiger charge is -2.21. The van der Waals surface area contributed by atoms with Gasteiger partial charge in [0.1, 0.15) is 6.61 Å². The molecule has 1 saturated heterocycles. The van der Waals surface area contributed by atoms with Crippen molar-refractivity contribution in [2.75, 3.05) is 13.2 Å². The van der Waals surface area contributed by atoms with Gasteiger partial charge in [-0.05, 0) is 25.7 Å². The summed E-state index contributed by atoms with van der Waals surface area (Å²) in [5.41, 5.74) is 0. The fourth-order valence-electron chi connectivity index (χ4n) is 1.37. The molecule has 1 heterocycles. The first-order chi connectivity index (χ1) is 7.43. The molecule has 1 fully saturated rings. The van der Waals surface area contributed by atoms with Crippen molar-refractivity contribution in [2.45, 2.75) is 44.8 Å². The average molecular weight is 207 g/mol. The van der Waals surface area contributed by atoms with Crippen LogP contribution in [-0.2, 0) is 9.47 Å². The van der Waals surface area contributed by atoms with Gasteiger partial charge in [-0.25, -0.2) is 0 Å². The Labute approximate surface area is 91.4 Å². The number of unbranched alkanes of at least 4 members (excludes halogenated alkanes) is 2. The third-order valence-electron chi connectivity index (χ3n) is 2.19. The summed E-state index contributed by atoms with van der Waals surface area (Å²) in [4.78, 5) is 0. The number of hydrogen-bond acceptors (Lipinski definition) is 3. The van der Waals surface area contributed by atoms with E-state index in [0.29, 0.717) is 13.0 Å². The molecule has 0 radical (unpaired) electrons. The molecule has 3 nitrogen and oxygen atoms in total. The van der Waals surface area contributed by atoms with Crippen LogP contribution in [0.2, 0.25) is 0 Å². The van der Waals surface area contributed by atoms with E-state index in [1.807, 2.05) is 0 Å². The van der Waals surface area contributed by atoms with Gasteiger partial charge in [0.25, 0.3) is 0 Å². The van der Waals surface area contributed by atoms with Crippen molar-refractivity contribution < 1.29 is 9.47 Å². The second kappa shape index (κ2) is 8.29. The molecule has 0 aromatic heterocycles. The zero-order valence-corrected chi connectivity index (χ0v) is 9.00. The van der Waals surface area contributed by atoms with E-state index in [0.717, 1.165) is 32.3 Å². The second-order valence-corrected chi connectivity index (χ2v) is 3.47. The molecule has 0 bridgehead atoms. The van der Waals surface area contributed by atoms with Gasteiger partial charge in [-0.2, -0.15) is 5.26 Å².